The monoisotopic (exact) mass is 439 g/mol. The summed E-state index contributed by atoms with van der Waals surface area (Å²) in [4.78, 5) is 11.6. The van der Waals surface area contributed by atoms with E-state index in [1.165, 1.54) is 22.9 Å². The van der Waals surface area contributed by atoms with Crippen LogP contribution in [0.25, 0.3) is 0 Å². The molecule has 3 rings (SSSR count). The molecule has 2 aromatic carbocycles. The Morgan fingerprint density at radius 3 is 2.52 bits per heavy atom. The van der Waals surface area contributed by atoms with Crippen molar-refractivity contribution in [1.82, 2.24) is 20.2 Å². The molecule has 8 nitrogen and oxygen atoms in total. The first-order valence-electron chi connectivity index (χ1n) is 8.22. The normalized spacial score (nSPS) is 11.6. The number of nitrogens with one attached hydrogen (secondary N) is 1. The van der Waals surface area contributed by atoms with Crippen molar-refractivity contribution in [2.45, 2.75) is 22.4 Å². The molecule has 29 heavy (non-hydrogen) atoms. The quantitative estimate of drug-likeness (QED) is 0.537. The smallest absolute Gasteiger partial charge is 0.324 e. The number of rotatable bonds is 8. The molecule has 152 valence electrons. The molecule has 1 N–H and O–H groups in total. The molecule has 0 saturated carbocycles. The molecule has 0 aliphatic rings. The van der Waals surface area contributed by atoms with Gasteiger partial charge in [-0.3, -0.25) is 4.79 Å². The molecule has 0 saturated heterocycles. The number of sulfone groups is 1. The highest BCUT2D eigenvalue weighted by Gasteiger charge is 2.29. The number of amides is 1. The lowest BCUT2D eigenvalue weighted by molar-refractivity contribution is -0.113. The van der Waals surface area contributed by atoms with Crippen LogP contribution in [0.2, 0.25) is 0 Å². The van der Waals surface area contributed by atoms with E-state index in [1.807, 2.05) is 30.3 Å². The van der Waals surface area contributed by atoms with E-state index in [2.05, 4.69) is 20.8 Å². The Morgan fingerprint density at radius 2 is 1.79 bits per heavy atom. The van der Waals surface area contributed by atoms with Crippen LogP contribution in [-0.4, -0.2) is 46.0 Å². The summed E-state index contributed by atoms with van der Waals surface area (Å²) in [5.74, 6) is -4.31. The highest BCUT2D eigenvalue weighted by atomic mass is 32.2. The van der Waals surface area contributed by atoms with Gasteiger partial charge in [0.25, 0.3) is 0 Å². The van der Waals surface area contributed by atoms with Gasteiger partial charge in [0.15, 0.2) is 0 Å². The number of anilines is 1. The second kappa shape index (κ2) is 9.09. The first kappa shape index (κ1) is 20.9. The Bertz CT molecular complexity index is 1090. The standard InChI is InChI=1S/C17H15F2N5O3S2/c18-16(19)29(26,27)14-9-5-4-8-13(14)20-15(25)11-28-17-21-22-23-24(17)10-12-6-2-1-3-7-12/h1-9,16H,10-11H2,(H,20,25). The molecule has 3 aromatic rings. The number of carbonyl (C=O) groups is 1. The Labute approximate surface area is 169 Å². The van der Waals surface area contributed by atoms with Crippen LogP contribution < -0.4 is 5.32 Å². The van der Waals surface area contributed by atoms with E-state index in [0.717, 1.165) is 23.4 Å². The minimum Gasteiger partial charge on any atom is -0.324 e. The zero-order valence-corrected chi connectivity index (χ0v) is 16.4. The summed E-state index contributed by atoms with van der Waals surface area (Å²) in [5.41, 5.74) is 0.763. The van der Waals surface area contributed by atoms with E-state index in [9.17, 15) is 22.0 Å². The van der Waals surface area contributed by atoms with Crippen LogP contribution >= 0.6 is 11.8 Å². The number of thioether (sulfide) groups is 1. The zero-order valence-electron chi connectivity index (χ0n) is 14.8. The fourth-order valence-electron chi connectivity index (χ4n) is 2.39. The van der Waals surface area contributed by atoms with Crippen molar-refractivity contribution in [3.05, 3.63) is 60.2 Å². The van der Waals surface area contributed by atoms with Crippen LogP contribution in [0.5, 0.6) is 0 Å². The summed E-state index contributed by atoms with van der Waals surface area (Å²) in [6.45, 7) is 0.410. The van der Waals surface area contributed by atoms with Gasteiger partial charge in [0.1, 0.15) is 0 Å². The second-order valence-corrected chi connectivity index (χ2v) is 8.57. The van der Waals surface area contributed by atoms with Gasteiger partial charge in [-0.15, -0.1) is 5.10 Å². The Balaban J connectivity index is 1.66. The van der Waals surface area contributed by atoms with Gasteiger partial charge < -0.3 is 5.32 Å². The van der Waals surface area contributed by atoms with Gasteiger partial charge in [0, 0.05) is 0 Å². The first-order valence-corrected chi connectivity index (χ1v) is 10.7. The van der Waals surface area contributed by atoms with Crippen LogP contribution in [0.1, 0.15) is 5.56 Å². The predicted octanol–water partition coefficient (Wildman–Crippen LogP) is 2.45. The van der Waals surface area contributed by atoms with E-state index in [4.69, 9.17) is 0 Å². The minimum absolute atomic E-state index is 0.141. The molecule has 0 aliphatic heterocycles. The lowest BCUT2D eigenvalue weighted by atomic mass is 10.2. The minimum atomic E-state index is -4.84. The van der Waals surface area contributed by atoms with E-state index < -0.39 is 26.4 Å². The Kier molecular flexibility index (Phi) is 6.54. The second-order valence-electron chi connectivity index (χ2n) is 5.74. The van der Waals surface area contributed by atoms with Crippen molar-refractivity contribution in [2.24, 2.45) is 0 Å². The van der Waals surface area contributed by atoms with Crippen molar-refractivity contribution in [1.29, 1.82) is 0 Å². The van der Waals surface area contributed by atoms with Crippen LogP contribution in [0, 0.1) is 0 Å². The summed E-state index contributed by atoms with van der Waals surface area (Å²) in [6, 6.07) is 14.5. The van der Waals surface area contributed by atoms with Gasteiger partial charge >= 0.3 is 5.76 Å². The van der Waals surface area contributed by atoms with Crippen LogP contribution in [0.4, 0.5) is 14.5 Å². The number of nitrogens with zero attached hydrogens (tertiary/aromatic N) is 4. The van der Waals surface area contributed by atoms with E-state index >= 15 is 0 Å². The highest BCUT2D eigenvalue weighted by molar-refractivity contribution is 7.99. The van der Waals surface area contributed by atoms with Crippen molar-refractivity contribution >= 4 is 33.2 Å². The molecular formula is C17H15F2N5O3S2. The lowest BCUT2D eigenvalue weighted by Gasteiger charge is -2.11. The summed E-state index contributed by atoms with van der Waals surface area (Å²) in [6.07, 6.45) is 0. The van der Waals surface area contributed by atoms with E-state index in [1.54, 1.807) is 0 Å². The largest absolute Gasteiger partial charge is 0.341 e. The van der Waals surface area contributed by atoms with Gasteiger partial charge in [-0.05, 0) is 28.1 Å². The molecule has 0 spiro atoms. The van der Waals surface area contributed by atoms with E-state index in [0.29, 0.717) is 11.7 Å². The van der Waals surface area contributed by atoms with Gasteiger partial charge in [0.2, 0.25) is 20.9 Å². The molecular weight excluding hydrogens is 424 g/mol. The molecule has 0 radical (unpaired) electrons. The molecule has 0 aliphatic carbocycles. The number of para-hydroxylation sites is 1. The zero-order chi connectivity index (χ0) is 20.9. The SMILES string of the molecule is O=C(CSc1nnnn1Cc1ccccc1)Nc1ccccc1S(=O)(=O)C(F)F. The predicted molar refractivity (Wildman–Crippen MR) is 102 cm³/mol. The van der Waals surface area contributed by atoms with Gasteiger partial charge in [-0.25, -0.2) is 13.1 Å². The maximum atomic E-state index is 12.8. The van der Waals surface area contributed by atoms with Crippen LogP contribution in [-0.2, 0) is 21.2 Å². The average molecular weight is 439 g/mol. The first-order chi connectivity index (χ1) is 13.9. The van der Waals surface area contributed by atoms with Crippen molar-refractivity contribution in [3.8, 4) is 0 Å². The maximum absolute atomic E-state index is 12.8. The molecule has 0 fully saturated rings. The fourth-order valence-corrected chi connectivity index (χ4v) is 3.95. The van der Waals surface area contributed by atoms with Gasteiger partial charge in [-0.2, -0.15) is 8.78 Å². The fraction of sp³-hybridized carbons (Fsp3) is 0.176. The van der Waals surface area contributed by atoms with Crippen LogP contribution in [0.3, 0.4) is 0 Å². The summed E-state index contributed by atoms with van der Waals surface area (Å²) in [7, 11) is -4.84. The van der Waals surface area contributed by atoms with Gasteiger partial charge in [0.05, 0.1) is 22.9 Å². The number of aromatic nitrogens is 4. The Hall–Kier alpha value is -2.86. The van der Waals surface area contributed by atoms with E-state index in [-0.39, 0.29) is 11.4 Å². The van der Waals surface area contributed by atoms with Crippen molar-refractivity contribution in [3.63, 3.8) is 0 Å². The summed E-state index contributed by atoms with van der Waals surface area (Å²) < 4.78 is 50.7. The maximum Gasteiger partial charge on any atom is 0.341 e. The van der Waals surface area contributed by atoms with Crippen molar-refractivity contribution in [2.75, 3.05) is 11.1 Å². The topological polar surface area (TPSA) is 107 Å². The number of carbonyl (C=O) groups excluding carboxylic acids is 1. The lowest BCUT2D eigenvalue weighted by Crippen LogP contribution is -2.19. The molecule has 12 heteroatoms. The van der Waals surface area contributed by atoms with Crippen LogP contribution in [0.15, 0.2) is 64.6 Å². The third-order valence-electron chi connectivity index (χ3n) is 3.71. The molecule has 1 amide bonds. The summed E-state index contributed by atoms with van der Waals surface area (Å²) >= 11 is 1.04. The number of hydrogen-bond acceptors (Lipinski definition) is 7. The molecule has 1 aromatic heterocycles. The van der Waals surface area contributed by atoms with Crippen molar-refractivity contribution < 1.29 is 22.0 Å². The number of halogens is 2. The number of benzene rings is 2. The average Bonchev–Trinajstić information content (AvgIpc) is 3.14. The third kappa shape index (κ3) is 5.15. The summed E-state index contributed by atoms with van der Waals surface area (Å²) in [5, 5.41) is 14.1. The third-order valence-corrected chi connectivity index (χ3v) is 6.10. The number of hydrogen-bond donors (Lipinski definition) is 1. The molecule has 0 bridgehead atoms. The van der Waals surface area contributed by atoms with Gasteiger partial charge in [-0.1, -0.05) is 54.2 Å². The molecule has 1 heterocycles. The highest BCUT2D eigenvalue weighted by Crippen LogP contribution is 2.26. The molecule has 0 atom stereocenters. The number of tetrazole rings is 1. The number of alkyl halides is 2. The molecule has 0 unspecified atom stereocenters. The Morgan fingerprint density at radius 1 is 1.10 bits per heavy atom.